The third kappa shape index (κ3) is 4.98. The Morgan fingerprint density at radius 3 is 2.36 bits per heavy atom. The molecule has 0 spiro atoms. The van der Waals surface area contributed by atoms with Crippen molar-refractivity contribution in [2.45, 2.75) is 6.42 Å². The van der Waals surface area contributed by atoms with Crippen molar-refractivity contribution < 1.29 is 17.6 Å². The Bertz CT molecular complexity index is 952. The highest BCUT2D eigenvalue weighted by molar-refractivity contribution is 7.92. The quantitative estimate of drug-likeness (QED) is 0.743. The fourth-order valence-electron chi connectivity index (χ4n) is 2.97. The summed E-state index contributed by atoms with van der Waals surface area (Å²) in [6.45, 7) is 0.892. The molecule has 0 saturated carbocycles. The van der Waals surface area contributed by atoms with E-state index in [4.69, 9.17) is 11.6 Å². The van der Waals surface area contributed by atoms with Gasteiger partial charge in [0.1, 0.15) is 5.82 Å². The van der Waals surface area contributed by atoms with Gasteiger partial charge < -0.3 is 4.90 Å². The van der Waals surface area contributed by atoms with Gasteiger partial charge in [-0.05, 0) is 23.8 Å². The van der Waals surface area contributed by atoms with E-state index in [2.05, 4.69) is 0 Å². The van der Waals surface area contributed by atoms with Crippen molar-refractivity contribution in [2.24, 2.45) is 0 Å². The molecular formula is C20H20ClFN2O3S. The molecular weight excluding hydrogens is 403 g/mol. The Balaban J connectivity index is 1.59. The molecule has 8 heteroatoms. The van der Waals surface area contributed by atoms with Gasteiger partial charge in [-0.1, -0.05) is 48.0 Å². The average Bonchev–Trinajstić information content (AvgIpc) is 2.70. The Morgan fingerprint density at radius 1 is 1.04 bits per heavy atom. The minimum absolute atomic E-state index is 0.147. The highest BCUT2D eigenvalue weighted by Crippen LogP contribution is 2.21. The standard InChI is InChI=1S/C20H20ClFN2O3S/c21-18-7-4-8-19(22)17(18)15-20(25)23-10-12-24(13-11-23)28(26,27)14-9-16-5-2-1-3-6-16/h1-9,14H,10-13,15H2/b14-9+. The van der Waals surface area contributed by atoms with Crippen LogP contribution in [0.4, 0.5) is 4.39 Å². The second-order valence-electron chi connectivity index (χ2n) is 6.42. The number of carbonyl (C=O) groups is 1. The minimum atomic E-state index is -3.57. The molecule has 148 valence electrons. The first-order valence-corrected chi connectivity index (χ1v) is 10.7. The maximum atomic E-state index is 13.9. The molecule has 3 rings (SSSR count). The van der Waals surface area contributed by atoms with Crippen LogP contribution in [0.25, 0.3) is 6.08 Å². The largest absolute Gasteiger partial charge is 0.340 e. The lowest BCUT2D eigenvalue weighted by Gasteiger charge is -2.33. The summed E-state index contributed by atoms with van der Waals surface area (Å²) in [5, 5.41) is 1.39. The summed E-state index contributed by atoms with van der Waals surface area (Å²) in [6.07, 6.45) is 1.40. The van der Waals surface area contributed by atoms with Gasteiger partial charge in [-0.15, -0.1) is 0 Å². The highest BCUT2D eigenvalue weighted by Gasteiger charge is 2.28. The van der Waals surface area contributed by atoms with Crippen LogP contribution in [0.5, 0.6) is 0 Å². The van der Waals surface area contributed by atoms with E-state index in [-0.39, 0.29) is 49.1 Å². The second-order valence-corrected chi connectivity index (χ2v) is 8.64. The zero-order chi connectivity index (χ0) is 20.1. The van der Waals surface area contributed by atoms with Crippen molar-refractivity contribution in [2.75, 3.05) is 26.2 Å². The monoisotopic (exact) mass is 422 g/mol. The van der Waals surface area contributed by atoms with Crippen molar-refractivity contribution in [3.63, 3.8) is 0 Å². The zero-order valence-electron chi connectivity index (χ0n) is 15.1. The molecule has 5 nitrogen and oxygen atoms in total. The zero-order valence-corrected chi connectivity index (χ0v) is 16.7. The lowest BCUT2D eigenvalue weighted by atomic mass is 10.1. The number of nitrogens with zero attached hydrogens (tertiary/aromatic N) is 2. The van der Waals surface area contributed by atoms with Crippen molar-refractivity contribution >= 4 is 33.6 Å². The molecule has 0 aromatic heterocycles. The summed E-state index contributed by atoms with van der Waals surface area (Å²) in [7, 11) is -3.57. The lowest BCUT2D eigenvalue weighted by Crippen LogP contribution is -2.50. The molecule has 2 aromatic carbocycles. The van der Waals surface area contributed by atoms with Crippen LogP contribution in [0.15, 0.2) is 53.9 Å². The van der Waals surface area contributed by atoms with Crippen LogP contribution >= 0.6 is 11.6 Å². The van der Waals surface area contributed by atoms with Crippen LogP contribution in [-0.4, -0.2) is 49.7 Å². The van der Waals surface area contributed by atoms with Crippen LogP contribution in [0, 0.1) is 5.82 Å². The first kappa shape index (κ1) is 20.5. The van der Waals surface area contributed by atoms with Crippen LogP contribution in [0.2, 0.25) is 5.02 Å². The molecule has 1 amide bonds. The number of benzene rings is 2. The molecule has 0 radical (unpaired) electrons. The number of rotatable bonds is 5. The van der Waals surface area contributed by atoms with Gasteiger partial charge in [0.15, 0.2) is 0 Å². The van der Waals surface area contributed by atoms with E-state index >= 15 is 0 Å². The number of carbonyl (C=O) groups excluding carboxylic acids is 1. The summed E-state index contributed by atoms with van der Waals surface area (Å²) in [6, 6.07) is 13.4. The molecule has 0 unspecified atom stereocenters. The minimum Gasteiger partial charge on any atom is -0.340 e. The van der Waals surface area contributed by atoms with Gasteiger partial charge >= 0.3 is 0 Å². The molecule has 28 heavy (non-hydrogen) atoms. The van der Waals surface area contributed by atoms with Crippen LogP contribution in [0.1, 0.15) is 11.1 Å². The number of amides is 1. The van der Waals surface area contributed by atoms with Crippen molar-refractivity contribution in [1.29, 1.82) is 0 Å². The Kier molecular flexibility index (Phi) is 6.49. The van der Waals surface area contributed by atoms with Crippen molar-refractivity contribution in [3.8, 4) is 0 Å². The molecule has 1 heterocycles. The van der Waals surface area contributed by atoms with Gasteiger partial charge in [-0.25, -0.2) is 12.8 Å². The van der Waals surface area contributed by atoms with Crippen LogP contribution in [-0.2, 0) is 21.2 Å². The summed E-state index contributed by atoms with van der Waals surface area (Å²) in [5.41, 5.74) is 0.955. The van der Waals surface area contributed by atoms with E-state index in [1.165, 1.54) is 32.8 Å². The Hall–Kier alpha value is -2.22. The summed E-state index contributed by atoms with van der Waals surface area (Å²) in [4.78, 5) is 14.0. The normalized spacial score (nSPS) is 15.9. The van der Waals surface area contributed by atoms with E-state index in [0.717, 1.165) is 5.56 Å². The third-order valence-electron chi connectivity index (χ3n) is 4.57. The Morgan fingerprint density at radius 2 is 1.71 bits per heavy atom. The summed E-state index contributed by atoms with van der Waals surface area (Å²) >= 11 is 5.97. The van der Waals surface area contributed by atoms with E-state index in [1.807, 2.05) is 30.3 Å². The molecule has 1 fully saturated rings. The Labute approximate surface area is 169 Å². The summed E-state index contributed by atoms with van der Waals surface area (Å²) in [5.74, 6) is -0.794. The number of sulfonamides is 1. The van der Waals surface area contributed by atoms with Crippen LogP contribution in [0.3, 0.4) is 0 Å². The van der Waals surface area contributed by atoms with E-state index in [1.54, 1.807) is 6.08 Å². The van der Waals surface area contributed by atoms with Crippen molar-refractivity contribution in [1.82, 2.24) is 9.21 Å². The molecule has 0 N–H and O–H groups in total. The van der Waals surface area contributed by atoms with Crippen LogP contribution < -0.4 is 0 Å². The first-order valence-electron chi connectivity index (χ1n) is 8.81. The van der Waals surface area contributed by atoms with Gasteiger partial charge in [0.05, 0.1) is 6.42 Å². The number of halogens is 2. The highest BCUT2D eigenvalue weighted by atomic mass is 35.5. The van der Waals surface area contributed by atoms with Gasteiger partial charge in [-0.3, -0.25) is 4.79 Å². The number of piperazine rings is 1. The molecule has 1 saturated heterocycles. The van der Waals surface area contributed by atoms with E-state index < -0.39 is 15.8 Å². The van der Waals surface area contributed by atoms with Gasteiger partial charge in [0.25, 0.3) is 0 Å². The summed E-state index contributed by atoms with van der Waals surface area (Å²) < 4.78 is 40.2. The predicted octanol–water partition coefficient (Wildman–Crippen LogP) is 3.17. The third-order valence-corrected chi connectivity index (χ3v) is 6.49. The predicted molar refractivity (Wildman–Crippen MR) is 108 cm³/mol. The second kappa shape index (κ2) is 8.86. The fourth-order valence-corrected chi connectivity index (χ4v) is 4.37. The topological polar surface area (TPSA) is 57.7 Å². The SMILES string of the molecule is O=C(Cc1c(F)cccc1Cl)N1CCN(S(=O)(=O)/C=C/c2ccccc2)CC1. The van der Waals surface area contributed by atoms with Gasteiger partial charge in [0, 0.05) is 42.2 Å². The molecule has 0 aliphatic carbocycles. The maximum absolute atomic E-state index is 13.9. The van der Waals surface area contributed by atoms with E-state index in [0.29, 0.717) is 0 Å². The number of hydrogen-bond donors (Lipinski definition) is 0. The molecule has 1 aliphatic rings. The molecule has 0 bridgehead atoms. The van der Waals surface area contributed by atoms with Gasteiger partial charge in [0.2, 0.25) is 15.9 Å². The fraction of sp³-hybridized carbons (Fsp3) is 0.250. The molecule has 0 atom stereocenters. The van der Waals surface area contributed by atoms with Gasteiger partial charge in [-0.2, -0.15) is 4.31 Å². The molecule has 1 aliphatic heterocycles. The smallest absolute Gasteiger partial charge is 0.236 e. The van der Waals surface area contributed by atoms with Crippen molar-refractivity contribution in [3.05, 3.63) is 75.9 Å². The maximum Gasteiger partial charge on any atom is 0.236 e. The first-order chi connectivity index (χ1) is 13.4. The average molecular weight is 423 g/mol. The number of hydrogen-bond acceptors (Lipinski definition) is 3. The molecule has 2 aromatic rings. The van der Waals surface area contributed by atoms with E-state index in [9.17, 15) is 17.6 Å². The lowest BCUT2D eigenvalue weighted by molar-refractivity contribution is -0.131.